The van der Waals surface area contributed by atoms with Gasteiger partial charge in [0.1, 0.15) is 6.10 Å². The minimum atomic E-state index is -4.27. The van der Waals surface area contributed by atoms with Gasteiger partial charge >= 0.3 is 13.8 Å². The molecule has 0 radical (unpaired) electrons. The third kappa shape index (κ3) is 40.4. The van der Waals surface area contributed by atoms with Crippen LogP contribution < -0.4 is 5.73 Å². The van der Waals surface area contributed by atoms with Gasteiger partial charge in [-0.05, 0) is 38.5 Å². The molecule has 310 valence electrons. The molecule has 0 rings (SSSR count). The number of rotatable bonds is 43. The van der Waals surface area contributed by atoms with Gasteiger partial charge in [0.05, 0.1) is 19.8 Å². The van der Waals surface area contributed by atoms with Crippen LogP contribution in [0.4, 0.5) is 0 Å². The standard InChI is InChI=1S/C43H86NO7P/c1-3-5-7-9-11-13-15-17-18-19-20-21-22-23-24-25-27-29-31-33-35-38-48-40-42(41-50-52(46,47)49-39-37-44)51-43(45)36-34-32-30-28-26-16-14-12-10-8-6-4-2/h12,14,42H,3-11,13,15-41,44H2,1-2H3,(H,46,47)/b14-12-. The number of allylic oxidation sites excluding steroid dienone is 2. The highest BCUT2D eigenvalue weighted by atomic mass is 31.2. The molecule has 0 bridgehead atoms. The van der Waals surface area contributed by atoms with Gasteiger partial charge in [0.2, 0.25) is 0 Å². The largest absolute Gasteiger partial charge is 0.472 e. The maximum Gasteiger partial charge on any atom is 0.472 e. The maximum absolute atomic E-state index is 12.5. The van der Waals surface area contributed by atoms with Gasteiger partial charge in [-0.1, -0.05) is 187 Å². The number of hydrogen-bond donors (Lipinski definition) is 2. The Morgan fingerprint density at radius 1 is 0.558 bits per heavy atom. The van der Waals surface area contributed by atoms with Crippen molar-refractivity contribution < 1.29 is 32.8 Å². The fourth-order valence-corrected chi connectivity index (χ4v) is 7.17. The second-order valence-corrected chi connectivity index (χ2v) is 16.4. The molecule has 3 N–H and O–H groups in total. The van der Waals surface area contributed by atoms with Gasteiger partial charge in [-0.2, -0.15) is 0 Å². The fourth-order valence-electron chi connectivity index (χ4n) is 6.40. The molecule has 8 nitrogen and oxygen atoms in total. The Labute approximate surface area is 322 Å². The zero-order valence-corrected chi connectivity index (χ0v) is 35.2. The van der Waals surface area contributed by atoms with Crippen LogP contribution in [0.2, 0.25) is 0 Å². The van der Waals surface area contributed by atoms with Crippen LogP contribution in [0.1, 0.15) is 219 Å². The van der Waals surface area contributed by atoms with Crippen molar-refractivity contribution in [2.24, 2.45) is 5.73 Å². The number of nitrogens with two attached hydrogens (primary N) is 1. The molecule has 0 saturated heterocycles. The minimum Gasteiger partial charge on any atom is -0.457 e. The predicted molar refractivity (Wildman–Crippen MR) is 220 cm³/mol. The molecule has 0 aliphatic carbocycles. The third-order valence-electron chi connectivity index (χ3n) is 9.68. The number of unbranched alkanes of at least 4 members (excludes halogenated alkanes) is 28. The molecular weight excluding hydrogens is 673 g/mol. The Morgan fingerprint density at radius 3 is 1.44 bits per heavy atom. The summed E-state index contributed by atoms with van der Waals surface area (Å²) < 4.78 is 33.4. The third-order valence-corrected chi connectivity index (χ3v) is 10.7. The number of esters is 1. The molecule has 0 aliphatic rings. The monoisotopic (exact) mass is 760 g/mol. The Kier molecular flexibility index (Phi) is 40.8. The smallest absolute Gasteiger partial charge is 0.457 e. The van der Waals surface area contributed by atoms with Crippen molar-refractivity contribution in [1.82, 2.24) is 0 Å². The molecule has 0 aliphatic heterocycles. The molecule has 2 unspecified atom stereocenters. The first-order valence-corrected chi connectivity index (χ1v) is 23.7. The van der Waals surface area contributed by atoms with E-state index in [0.717, 1.165) is 44.9 Å². The zero-order valence-electron chi connectivity index (χ0n) is 34.3. The van der Waals surface area contributed by atoms with Crippen LogP contribution in [0.15, 0.2) is 12.2 Å². The van der Waals surface area contributed by atoms with E-state index < -0.39 is 13.9 Å². The number of phosphoric ester groups is 1. The molecule has 9 heteroatoms. The highest BCUT2D eigenvalue weighted by Crippen LogP contribution is 2.43. The first-order valence-electron chi connectivity index (χ1n) is 22.2. The predicted octanol–water partition coefficient (Wildman–Crippen LogP) is 13.1. The topological polar surface area (TPSA) is 117 Å². The molecule has 2 atom stereocenters. The number of hydrogen-bond acceptors (Lipinski definition) is 7. The number of phosphoric acid groups is 1. The van der Waals surface area contributed by atoms with Gasteiger partial charge in [0.25, 0.3) is 0 Å². The fraction of sp³-hybridized carbons (Fsp3) is 0.930. The van der Waals surface area contributed by atoms with E-state index in [4.69, 9.17) is 24.3 Å². The summed E-state index contributed by atoms with van der Waals surface area (Å²) in [6.07, 6.45) is 43.8. The quantitative estimate of drug-likeness (QED) is 0.0273. The van der Waals surface area contributed by atoms with Crippen LogP contribution in [0.5, 0.6) is 0 Å². The average Bonchev–Trinajstić information content (AvgIpc) is 3.13. The van der Waals surface area contributed by atoms with E-state index in [9.17, 15) is 14.3 Å². The van der Waals surface area contributed by atoms with Crippen molar-refractivity contribution in [3.8, 4) is 0 Å². The van der Waals surface area contributed by atoms with E-state index >= 15 is 0 Å². The van der Waals surface area contributed by atoms with Gasteiger partial charge in [0, 0.05) is 19.6 Å². The summed E-state index contributed by atoms with van der Waals surface area (Å²) in [6.45, 7) is 4.93. The van der Waals surface area contributed by atoms with Crippen LogP contribution in [-0.2, 0) is 27.9 Å². The van der Waals surface area contributed by atoms with Gasteiger partial charge in [-0.3, -0.25) is 13.8 Å². The van der Waals surface area contributed by atoms with E-state index in [1.165, 1.54) is 154 Å². The summed E-state index contributed by atoms with van der Waals surface area (Å²) in [5.74, 6) is -0.336. The summed E-state index contributed by atoms with van der Waals surface area (Å²) in [5, 5.41) is 0. The summed E-state index contributed by atoms with van der Waals surface area (Å²) in [6, 6.07) is 0. The van der Waals surface area contributed by atoms with Crippen molar-refractivity contribution in [3.63, 3.8) is 0 Å². The normalized spacial score (nSPS) is 13.5. The number of carbonyl (C=O) groups excluding carboxylic acids is 1. The van der Waals surface area contributed by atoms with Crippen LogP contribution in [0.3, 0.4) is 0 Å². The summed E-state index contributed by atoms with van der Waals surface area (Å²) in [5.41, 5.74) is 5.36. The number of ether oxygens (including phenoxy) is 2. The van der Waals surface area contributed by atoms with Crippen LogP contribution in [0.25, 0.3) is 0 Å². The lowest BCUT2D eigenvalue weighted by atomic mass is 10.0. The van der Waals surface area contributed by atoms with Crippen molar-refractivity contribution in [3.05, 3.63) is 12.2 Å². The summed E-state index contributed by atoms with van der Waals surface area (Å²) in [7, 11) is -4.27. The molecule has 0 saturated carbocycles. The molecule has 0 aromatic heterocycles. The van der Waals surface area contributed by atoms with Crippen molar-refractivity contribution >= 4 is 13.8 Å². The molecule has 0 aromatic rings. The Hall–Kier alpha value is -0.760. The molecule has 0 fully saturated rings. The maximum atomic E-state index is 12.5. The van der Waals surface area contributed by atoms with E-state index in [-0.39, 0.29) is 32.3 Å². The molecule has 52 heavy (non-hydrogen) atoms. The van der Waals surface area contributed by atoms with Crippen molar-refractivity contribution in [1.29, 1.82) is 0 Å². The summed E-state index contributed by atoms with van der Waals surface area (Å²) in [4.78, 5) is 22.4. The molecule has 0 amide bonds. The minimum absolute atomic E-state index is 0.0938. The highest BCUT2D eigenvalue weighted by molar-refractivity contribution is 7.47. The lowest BCUT2D eigenvalue weighted by molar-refractivity contribution is -0.154. The van der Waals surface area contributed by atoms with E-state index in [1.54, 1.807) is 0 Å². The highest BCUT2D eigenvalue weighted by Gasteiger charge is 2.25. The van der Waals surface area contributed by atoms with E-state index in [1.807, 2.05) is 0 Å². The van der Waals surface area contributed by atoms with Crippen LogP contribution in [0, 0.1) is 0 Å². The van der Waals surface area contributed by atoms with Gasteiger partial charge < -0.3 is 20.1 Å². The van der Waals surface area contributed by atoms with Gasteiger partial charge in [-0.25, -0.2) is 4.57 Å². The summed E-state index contributed by atoms with van der Waals surface area (Å²) >= 11 is 0. The zero-order chi connectivity index (χ0) is 38.1. The van der Waals surface area contributed by atoms with E-state index in [2.05, 4.69) is 26.0 Å². The lowest BCUT2D eigenvalue weighted by Gasteiger charge is -2.20. The number of carbonyl (C=O) groups is 1. The first kappa shape index (κ1) is 51.2. The van der Waals surface area contributed by atoms with Gasteiger partial charge in [0.15, 0.2) is 0 Å². The Balaban J connectivity index is 3.92. The van der Waals surface area contributed by atoms with E-state index in [0.29, 0.717) is 13.0 Å². The molecular formula is C43H86NO7P. The molecule has 0 spiro atoms. The van der Waals surface area contributed by atoms with Crippen LogP contribution >= 0.6 is 7.82 Å². The second kappa shape index (κ2) is 41.4. The first-order chi connectivity index (χ1) is 25.4. The Bertz CT molecular complexity index is 812. The molecule has 0 heterocycles. The second-order valence-electron chi connectivity index (χ2n) is 14.9. The van der Waals surface area contributed by atoms with Gasteiger partial charge in [-0.15, -0.1) is 0 Å². The Morgan fingerprint density at radius 2 is 0.962 bits per heavy atom. The van der Waals surface area contributed by atoms with Crippen molar-refractivity contribution in [2.45, 2.75) is 225 Å². The SMILES string of the molecule is CCCCC/C=C\CCCCCCCC(=O)OC(COCCCCCCCCCCCCCCCCCCCCCCC)COP(=O)(O)OCCN. The lowest BCUT2D eigenvalue weighted by Crippen LogP contribution is -2.28. The van der Waals surface area contributed by atoms with Crippen LogP contribution in [-0.4, -0.2) is 49.9 Å². The molecule has 0 aromatic carbocycles. The average molecular weight is 760 g/mol. The van der Waals surface area contributed by atoms with Crippen molar-refractivity contribution in [2.75, 3.05) is 33.0 Å².